The highest BCUT2D eigenvalue weighted by Crippen LogP contribution is 2.30. The molecule has 0 unspecified atom stereocenters. The van der Waals surface area contributed by atoms with Crippen molar-refractivity contribution in [3.8, 4) is 17.4 Å². The molecule has 0 aliphatic heterocycles. The van der Waals surface area contributed by atoms with Crippen molar-refractivity contribution in [1.29, 1.82) is 0 Å². The van der Waals surface area contributed by atoms with Crippen LogP contribution in [0.1, 0.15) is 11.3 Å². The zero-order valence-corrected chi connectivity index (χ0v) is 10.8. The predicted molar refractivity (Wildman–Crippen MR) is 66.6 cm³/mol. The molecule has 108 valence electrons. The molecule has 0 spiro atoms. The summed E-state index contributed by atoms with van der Waals surface area (Å²) in [4.78, 5) is 7.59. The van der Waals surface area contributed by atoms with E-state index in [2.05, 4.69) is 15.1 Å². The van der Waals surface area contributed by atoms with Crippen molar-refractivity contribution < 1.29 is 17.6 Å². The van der Waals surface area contributed by atoms with E-state index in [0.717, 1.165) is 11.6 Å². The summed E-state index contributed by atoms with van der Waals surface area (Å²) >= 11 is 0. The van der Waals surface area contributed by atoms with E-state index in [9.17, 15) is 13.2 Å². The minimum Gasteiger partial charge on any atom is -0.463 e. The molecular formula is C13H9F3N4O. The summed E-state index contributed by atoms with van der Waals surface area (Å²) in [6.45, 7) is 1.77. The largest absolute Gasteiger partial charge is 0.463 e. The van der Waals surface area contributed by atoms with Crippen LogP contribution in [0.3, 0.4) is 0 Å². The summed E-state index contributed by atoms with van der Waals surface area (Å²) in [5, 5.41) is 3.93. The number of hydrogen-bond acceptors (Lipinski definition) is 4. The highest BCUT2D eigenvalue weighted by atomic mass is 19.4. The summed E-state index contributed by atoms with van der Waals surface area (Å²) < 4.78 is 45.2. The Labute approximate surface area is 117 Å². The van der Waals surface area contributed by atoms with Crippen LogP contribution in [0.2, 0.25) is 0 Å². The van der Waals surface area contributed by atoms with Crippen molar-refractivity contribution in [3.05, 3.63) is 48.1 Å². The lowest BCUT2D eigenvalue weighted by molar-refractivity contribution is -0.141. The van der Waals surface area contributed by atoms with E-state index in [0.29, 0.717) is 0 Å². The third-order valence-corrected chi connectivity index (χ3v) is 2.70. The highest BCUT2D eigenvalue weighted by Gasteiger charge is 2.34. The Hall–Kier alpha value is -2.64. The zero-order valence-electron chi connectivity index (χ0n) is 10.8. The molecule has 3 aromatic rings. The monoisotopic (exact) mass is 294 g/mol. The fourth-order valence-electron chi connectivity index (χ4n) is 1.75. The molecule has 0 bridgehead atoms. The summed E-state index contributed by atoms with van der Waals surface area (Å²) in [6, 6.07) is 3.95. The molecule has 3 aromatic heterocycles. The second-order valence-corrected chi connectivity index (χ2v) is 4.38. The Morgan fingerprint density at radius 2 is 2.05 bits per heavy atom. The van der Waals surface area contributed by atoms with Gasteiger partial charge in [0.2, 0.25) is 0 Å². The van der Waals surface area contributed by atoms with Crippen molar-refractivity contribution in [2.24, 2.45) is 0 Å². The lowest BCUT2D eigenvalue weighted by Gasteiger charge is -2.09. The Balaban J connectivity index is 2.18. The van der Waals surface area contributed by atoms with E-state index in [-0.39, 0.29) is 17.4 Å². The number of alkyl halides is 3. The summed E-state index contributed by atoms with van der Waals surface area (Å²) in [6.07, 6.45) is -0.165. The topological polar surface area (TPSA) is 56.7 Å². The van der Waals surface area contributed by atoms with Gasteiger partial charge in [-0.2, -0.15) is 18.3 Å². The number of aromatic nitrogens is 4. The third-order valence-electron chi connectivity index (χ3n) is 2.70. The number of furan rings is 1. The van der Waals surface area contributed by atoms with Crippen LogP contribution in [0.5, 0.6) is 0 Å². The second kappa shape index (κ2) is 4.72. The van der Waals surface area contributed by atoms with Crippen LogP contribution in [0.25, 0.3) is 17.4 Å². The van der Waals surface area contributed by atoms with E-state index >= 15 is 0 Å². The minimum atomic E-state index is -4.58. The molecule has 0 radical (unpaired) electrons. The average molecular weight is 294 g/mol. The van der Waals surface area contributed by atoms with Crippen molar-refractivity contribution in [2.45, 2.75) is 13.1 Å². The van der Waals surface area contributed by atoms with Gasteiger partial charge < -0.3 is 4.42 Å². The maximum Gasteiger partial charge on any atom is 0.433 e. The van der Waals surface area contributed by atoms with E-state index < -0.39 is 11.9 Å². The van der Waals surface area contributed by atoms with Gasteiger partial charge in [-0.1, -0.05) is 0 Å². The van der Waals surface area contributed by atoms with Gasteiger partial charge in [-0.3, -0.25) is 0 Å². The first-order chi connectivity index (χ1) is 9.93. The van der Waals surface area contributed by atoms with Crippen LogP contribution in [-0.2, 0) is 6.18 Å². The number of rotatable bonds is 2. The highest BCUT2D eigenvalue weighted by molar-refractivity contribution is 5.53. The minimum absolute atomic E-state index is 0.0467. The third kappa shape index (κ3) is 2.64. The van der Waals surface area contributed by atoms with Crippen molar-refractivity contribution in [1.82, 2.24) is 19.7 Å². The zero-order chi connectivity index (χ0) is 15.0. The smallest absolute Gasteiger partial charge is 0.433 e. The first-order valence-corrected chi connectivity index (χ1v) is 5.95. The molecule has 0 aromatic carbocycles. The molecule has 8 heteroatoms. The van der Waals surface area contributed by atoms with Gasteiger partial charge in [0.25, 0.3) is 5.95 Å². The lowest BCUT2D eigenvalue weighted by Crippen LogP contribution is -2.13. The number of halogens is 3. The summed E-state index contributed by atoms with van der Waals surface area (Å²) in [5.41, 5.74) is -0.215. The Morgan fingerprint density at radius 1 is 1.24 bits per heavy atom. The molecule has 0 N–H and O–H groups in total. The molecule has 0 saturated heterocycles. The molecular weight excluding hydrogens is 285 g/mol. The lowest BCUT2D eigenvalue weighted by atomic mass is 10.2. The predicted octanol–water partition coefficient (Wildman–Crippen LogP) is 3.25. The average Bonchev–Trinajstić information content (AvgIpc) is 3.08. The van der Waals surface area contributed by atoms with Crippen molar-refractivity contribution >= 4 is 0 Å². The number of aryl methyl sites for hydroxylation is 1. The second-order valence-electron chi connectivity index (χ2n) is 4.38. The first-order valence-electron chi connectivity index (χ1n) is 5.95. The SMILES string of the molecule is Cc1cnn(-c2nc(-c3ccco3)cc(C(F)(F)F)n2)c1. The number of nitrogens with zero attached hydrogens (tertiary/aromatic N) is 4. The van der Waals surface area contributed by atoms with Gasteiger partial charge in [-0.25, -0.2) is 14.6 Å². The van der Waals surface area contributed by atoms with Crippen LogP contribution < -0.4 is 0 Å². The van der Waals surface area contributed by atoms with Crippen LogP contribution >= 0.6 is 0 Å². The molecule has 5 nitrogen and oxygen atoms in total. The molecule has 0 saturated carbocycles. The molecule has 3 rings (SSSR count). The van der Waals surface area contributed by atoms with Gasteiger partial charge >= 0.3 is 6.18 Å². The molecule has 0 fully saturated rings. The number of hydrogen-bond donors (Lipinski definition) is 0. The first kappa shape index (κ1) is 13.3. The molecule has 21 heavy (non-hydrogen) atoms. The van der Waals surface area contributed by atoms with Gasteiger partial charge in [0.1, 0.15) is 5.69 Å². The molecule has 0 aliphatic rings. The van der Waals surface area contributed by atoms with E-state index in [1.807, 2.05) is 0 Å². The molecule has 0 aliphatic carbocycles. The fourth-order valence-corrected chi connectivity index (χ4v) is 1.75. The van der Waals surface area contributed by atoms with E-state index in [1.165, 1.54) is 23.2 Å². The standard InChI is InChI=1S/C13H9F3N4O/c1-8-6-17-20(7-8)12-18-9(10-3-2-4-21-10)5-11(19-12)13(14,15)16/h2-7H,1H3. The van der Waals surface area contributed by atoms with Gasteiger partial charge in [-0.05, 0) is 30.7 Å². The van der Waals surface area contributed by atoms with E-state index in [4.69, 9.17) is 4.42 Å². The molecule has 0 atom stereocenters. The van der Waals surface area contributed by atoms with Gasteiger partial charge in [0.15, 0.2) is 11.5 Å². The van der Waals surface area contributed by atoms with Crippen molar-refractivity contribution in [3.63, 3.8) is 0 Å². The van der Waals surface area contributed by atoms with Crippen LogP contribution in [0.15, 0.2) is 41.3 Å². The van der Waals surface area contributed by atoms with E-state index in [1.54, 1.807) is 19.2 Å². The van der Waals surface area contributed by atoms with Crippen LogP contribution in [0, 0.1) is 6.92 Å². The van der Waals surface area contributed by atoms with Crippen LogP contribution in [0.4, 0.5) is 13.2 Å². The summed E-state index contributed by atoms with van der Waals surface area (Å²) in [5.74, 6) is 0.0670. The van der Waals surface area contributed by atoms with Gasteiger partial charge in [0, 0.05) is 6.20 Å². The maximum atomic E-state index is 13.0. The molecule has 0 amide bonds. The van der Waals surface area contributed by atoms with Gasteiger partial charge in [0.05, 0.1) is 12.5 Å². The molecule has 3 heterocycles. The Bertz CT molecular complexity index is 762. The normalized spacial score (nSPS) is 11.8. The Morgan fingerprint density at radius 3 is 2.62 bits per heavy atom. The van der Waals surface area contributed by atoms with Gasteiger partial charge in [-0.15, -0.1) is 0 Å². The summed E-state index contributed by atoms with van der Waals surface area (Å²) in [7, 11) is 0. The van der Waals surface area contributed by atoms with Crippen molar-refractivity contribution in [2.75, 3.05) is 0 Å². The maximum absolute atomic E-state index is 13.0. The quantitative estimate of drug-likeness (QED) is 0.728. The van der Waals surface area contributed by atoms with Crippen LogP contribution in [-0.4, -0.2) is 19.7 Å². The fraction of sp³-hybridized carbons (Fsp3) is 0.154. The Kier molecular flexibility index (Phi) is 3.00.